The van der Waals surface area contributed by atoms with Gasteiger partial charge in [0.05, 0.1) is 31.7 Å². The van der Waals surface area contributed by atoms with E-state index < -0.39 is 0 Å². The van der Waals surface area contributed by atoms with Crippen LogP contribution < -0.4 is 10.5 Å². The maximum absolute atomic E-state index is 5.89. The number of rotatable bonds is 10. The van der Waals surface area contributed by atoms with E-state index in [0.717, 1.165) is 24.3 Å². The number of nitrogens with zero attached hydrogens (tertiary/aromatic N) is 1. The number of aromatic nitrogens is 1. The molecule has 2 N–H and O–H groups in total. The molecule has 0 aliphatic heterocycles. The Labute approximate surface area is 115 Å². The summed E-state index contributed by atoms with van der Waals surface area (Å²) in [6, 6.07) is 3.82. The molecule has 1 aromatic rings. The predicted molar refractivity (Wildman–Crippen MR) is 74.3 cm³/mol. The predicted octanol–water partition coefficient (Wildman–Crippen LogP) is 1.92. The van der Waals surface area contributed by atoms with E-state index >= 15 is 0 Å². The Bertz CT molecular complexity index is 330. The Balaban J connectivity index is 2.16. The molecule has 0 amide bonds. The minimum absolute atomic E-state index is 0.00299. The zero-order chi connectivity index (χ0) is 13.9. The van der Waals surface area contributed by atoms with Crippen LogP contribution >= 0.6 is 0 Å². The van der Waals surface area contributed by atoms with Crippen molar-refractivity contribution in [2.24, 2.45) is 5.73 Å². The van der Waals surface area contributed by atoms with Crippen molar-refractivity contribution < 1.29 is 14.2 Å². The van der Waals surface area contributed by atoms with Crippen LogP contribution in [0.4, 0.5) is 0 Å². The van der Waals surface area contributed by atoms with Gasteiger partial charge in [-0.2, -0.15) is 0 Å². The Hall–Kier alpha value is -1.17. The molecule has 0 radical (unpaired) electrons. The highest BCUT2D eigenvalue weighted by Gasteiger charge is 2.04. The smallest absolute Gasteiger partial charge is 0.137 e. The van der Waals surface area contributed by atoms with Gasteiger partial charge in [0.1, 0.15) is 5.75 Å². The zero-order valence-corrected chi connectivity index (χ0v) is 11.8. The van der Waals surface area contributed by atoms with E-state index in [9.17, 15) is 0 Å². The van der Waals surface area contributed by atoms with Gasteiger partial charge in [0.25, 0.3) is 0 Å². The van der Waals surface area contributed by atoms with Gasteiger partial charge in [0, 0.05) is 26.2 Å². The fourth-order valence-corrected chi connectivity index (χ4v) is 1.50. The molecule has 0 unspecified atom stereocenters. The average molecular weight is 268 g/mol. The highest BCUT2D eigenvalue weighted by atomic mass is 16.5. The summed E-state index contributed by atoms with van der Waals surface area (Å²) in [5, 5.41) is 0. The normalized spacial score (nSPS) is 12.4. The van der Waals surface area contributed by atoms with Crippen molar-refractivity contribution in [2.75, 3.05) is 33.5 Å². The molecule has 0 aliphatic carbocycles. The van der Waals surface area contributed by atoms with Crippen LogP contribution in [0.1, 0.15) is 31.5 Å². The van der Waals surface area contributed by atoms with Crippen LogP contribution in [0.3, 0.4) is 0 Å². The molecule has 19 heavy (non-hydrogen) atoms. The Morgan fingerprint density at radius 1 is 1.21 bits per heavy atom. The lowest BCUT2D eigenvalue weighted by Crippen LogP contribution is -2.10. The first-order chi connectivity index (χ1) is 9.27. The topological polar surface area (TPSA) is 66.6 Å². The number of pyridine rings is 1. The molecule has 5 nitrogen and oxygen atoms in total. The van der Waals surface area contributed by atoms with Gasteiger partial charge in [-0.1, -0.05) is 6.92 Å². The van der Waals surface area contributed by atoms with Crippen molar-refractivity contribution in [3.8, 4) is 5.75 Å². The van der Waals surface area contributed by atoms with Crippen LogP contribution in [0.5, 0.6) is 5.75 Å². The van der Waals surface area contributed by atoms with Gasteiger partial charge in [-0.3, -0.25) is 4.98 Å². The number of ether oxygens (including phenoxy) is 3. The Morgan fingerprint density at radius 2 is 2.05 bits per heavy atom. The summed E-state index contributed by atoms with van der Waals surface area (Å²) in [7, 11) is 1.66. The van der Waals surface area contributed by atoms with Gasteiger partial charge < -0.3 is 19.9 Å². The lowest BCUT2D eigenvalue weighted by atomic mass is 10.1. The lowest BCUT2D eigenvalue weighted by molar-refractivity contribution is 0.0644. The summed E-state index contributed by atoms with van der Waals surface area (Å²) >= 11 is 0. The van der Waals surface area contributed by atoms with Crippen molar-refractivity contribution in [1.82, 2.24) is 4.98 Å². The second kappa shape index (κ2) is 9.72. The van der Waals surface area contributed by atoms with E-state index in [1.807, 2.05) is 19.1 Å². The molecule has 1 heterocycles. The van der Waals surface area contributed by atoms with Crippen LogP contribution in [-0.2, 0) is 9.47 Å². The van der Waals surface area contributed by atoms with E-state index in [-0.39, 0.29) is 6.04 Å². The fourth-order valence-electron chi connectivity index (χ4n) is 1.50. The largest absolute Gasteiger partial charge is 0.492 e. The minimum atomic E-state index is 0.00299. The lowest BCUT2D eigenvalue weighted by Gasteiger charge is -2.10. The third kappa shape index (κ3) is 6.52. The van der Waals surface area contributed by atoms with E-state index in [0.29, 0.717) is 26.4 Å². The van der Waals surface area contributed by atoms with Gasteiger partial charge in [0.15, 0.2) is 0 Å². The highest BCUT2D eigenvalue weighted by molar-refractivity contribution is 5.21. The van der Waals surface area contributed by atoms with E-state index in [2.05, 4.69) is 4.98 Å². The maximum Gasteiger partial charge on any atom is 0.137 e. The molecule has 0 aromatic carbocycles. The van der Waals surface area contributed by atoms with Crippen LogP contribution in [0.2, 0.25) is 0 Å². The first kappa shape index (κ1) is 15.9. The van der Waals surface area contributed by atoms with Crippen molar-refractivity contribution in [2.45, 2.75) is 25.8 Å². The van der Waals surface area contributed by atoms with Crippen molar-refractivity contribution in [1.29, 1.82) is 0 Å². The third-order valence-corrected chi connectivity index (χ3v) is 2.71. The van der Waals surface area contributed by atoms with E-state index in [1.54, 1.807) is 13.3 Å². The van der Waals surface area contributed by atoms with Gasteiger partial charge in [-0.15, -0.1) is 0 Å². The maximum atomic E-state index is 5.89. The van der Waals surface area contributed by atoms with Gasteiger partial charge >= 0.3 is 0 Å². The van der Waals surface area contributed by atoms with Gasteiger partial charge in [-0.05, 0) is 18.6 Å². The molecule has 0 fully saturated rings. The molecule has 5 heteroatoms. The van der Waals surface area contributed by atoms with Crippen LogP contribution in [0, 0.1) is 0 Å². The van der Waals surface area contributed by atoms with Gasteiger partial charge in [-0.25, -0.2) is 0 Å². The van der Waals surface area contributed by atoms with E-state index in [4.69, 9.17) is 19.9 Å². The quantitative estimate of drug-likeness (QED) is 0.657. The summed E-state index contributed by atoms with van der Waals surface area (Å²) < 4.78 is 15.8. The van der Waals surface area contributed by atoms with Crippen molar-refractivity contribution >= 4 is 0 Å². The average Bonchev–Trinajstić information content (AvgIpc) is 2.46. The number of nitrogens with two attached hydrogens (primary N) is 1. The zero-order valence-electron chi connectivity index (χ0n) is 11.8. The molecule has 0 saturated carbocycles. The van der Waals surface area contributed by atoms with E-state index in [1.165, 1.54) is 0 Å². The second-order valence-electron chi connectivity index (χ2n) is 4.24. The van der Waals surface area contributed by atoms with Crippen molar-refractivity contribution in [3.63, 3.8) is 0 Å². The highest BCUT2D eigenvalue weighted by Crippen LogP contribution is 2.15. The SMILES string of the molecule is CC[C@@H](N)c1ccc(OCCCOCCOC)cn1. The summed E-state index contributed by atoms with van der Waals surface area (Å²) in [5.74, 6) is 0.768. The summed E-state index contributed by atoms with van der Waals surface area (Å²) in [5.41, 5.74) is 6.79. The summed E-state index contributed by atoms with van der Waals surface area (Å²) in [6.07, 6.45) is 3.45. The van der Waals surface area contributed by atoms with Crippen LogP contribution in [-0.4, -0.2) is 38.5 Å². The molecule has 0 spiro atoms. The Morgan fingerprint density at radius 3 is 2.68 bits per heavy atom. The molecular formula is C14H24N2O3. The molecule has 1 atom stereocenters. The second-order valence-corrected chi connectivity index (χ2v) is 4.24. The molecule has 108 valence electrons. The first-order valence-electron chi connectivity index (χ1n) is 6.69. The molecular weight excluding hydrogens is 244 g/mol. The Kier molecular flexibility index (Phi) is 8.13. The van der Waals surface area contributed by atoms with Gasteiger partial charge in [0.2, 0.25) is 0 Å². The van der Waals surface area contributed by atoms with Crippen molar-refractivity contribution in [3.05, 3.63) is 24.0 Å². The molecule has 1 aromatic heterocycles. The monoisotopic (exact) mass is 268 g/mol. The third-order valence-electron chi connectivity index (χ3n) is 2.71. The molecule has 0 aliphatic rings. The standard InChI is InChI=1S/C14H24N2O3/c1-3-13(15)14-6-5-12(11-16-14)19-8-4-7-18-10-9-17-2/h5-6,11,13H,3-4,7-10,15H2,1-2H3/t13-/m1/s1. The fraction of sp³-hybridized carbons (Fsp3) is 0.643. The van der Waals surface area contributed by atoms with Crippen LogP contribution in [0.15, 0.2) is 18.3 Å². The molecule has 0 saturated heterocycles. The first-order valence-corrected chi connectivity index (χ1v) is 6.69. The summed E-state index contributed by atoms with van der Waals surface area (Å²) in [6.45, 7) is 4.59. The minimum Gasteiger partial charge on any atom is -0.492 e. The molecule has 1 rings (SSSR count). The molecule has 0 bridgehead atoms. The number of hydrogen-bond donors (Lipinski definition) is 1. The number of methoxy groups -OCH3 is 1. The van der Waals surface area contributed by atoms with Crippen LogP contribution in [0.25, 0.3) is 0 Å². The number of hydrogen-bond acceptors (Lipinski definition) is 5. The summed E-state index contributed by atoms with van der Waals surface area (Å²) in [4.78, 5) is 4.29.